The summed E-state index contributed by atoms with van der Waals surface area (Å²) in [5.74, 6) is -0.816. The molecule has 8 nitrogen and oxygen atoms in total. The Morgan fingerprint density at radius 1 is 1.03 bits per heavy atom. The molecule has 0 fully saturated rings. The summed E-state index contributed by atoms with van der Waals surface area (Å²) in [6, 6.07) is 15.7. The van der Waals surface area contributed by atoms with E-state index in [1.165, 1.54) is 4.68 Å². The summed E-state index contributed by atoms with van der Waals surface area (Å²) in [7, 11) is 0. The van der Waals surface area contributed by atoms with Crippen LogP contribution in [-0.4, -0.2) is 41.0 Å². The van der Waals surface area contributed by atoms with Crippen molar-refractivity contribution < 1.29 is 9.90 Å². The van der Waals surface area contributed by atoms with E-state index in [9.17, 15) is 9.90 Å². The molecular formula is C21H14N6O2. The number of aryl methyl sites for hydroxylation is 1. The summed E-state index contributed by atoms with van der Waals surface area (Å²) in [6.45, 7) is 0. The molecule has 0 bridgehead atoms. The number of aromatic amines is 1. The Labute approximate surface area is 163 Å². The number of aromatic nitrogens is 6. The van der Waals surface area contributed by atoms with Crippen molar-refractivity contribution in [2.75, 3.05) is 0 Å². The van der Waals surface area contributed by atoms with Gasteiger partial charge >= 0.3 is 5.97 Å². The number of aromatic carboxylic acids is 1. The minimum atomic E-state index is -1.06. The molecule has 3 aromatic heterocycles. The van der Waals surface area contributed by atoms with Crippen molar-refractivity contribution in [3.05, 3.63) is 65.4 Å². The molecule has 0 unspecified atom stereocenters. The molecule has 0 amide bonds. The van der Waals surface area contributed by atoms with Crippen LogP contribution in [0.3, 0.4) is 0 Å². The quantitative estimate of drug-likeness (QED) is 0.485. The average Bonchev–Trinajstić information content (AvgIpc) is 3.32. The van der Waals surface area contributed by atoms with E-state index in [-0.39, 0.29) is 11.6 Å². The second-order valence-electron chi connectivity index (χ2n) is 7.03. The zero-order valence-electron chi connectivity index (χ0n) is 15.1. The van der Waals surface area contributed by atoms with Crippen LogP contribution in [-0.2, 0) is 12.8 Å². The maximum atomic E-state index is 11.8. The predicted molar refractivity (Wildman–Crippen MR) is 106 cm³/mol. The number of para-hydroxylation sites is 1. The Kier molecular flexibility index (Phi) is 3.14. The number of carbonyl (C=O) groups is 1. The van der Waals surface area contributed by atoms with Gasteiger partial charge in [-0.25, -0.2) is 4.79 Å². The van der Waals surface area contributed by atoms with E-state index in [0.29, 0.717) is 23.1 Å². The topological polar surface area (TPSA) is 110 Å². The molecule has 3 heterocycles. The smallest absolute Gasteiger partial charge is 0.356 e. The second-order valence-corrected chi connectivity index (χ2v) is 7.03. The van der Waals surface area contributed by atoms with Crippen LogP contribution in [0, 0.1) is 0 Å². The van der Waals surface area contributed by atoms with Crippen molar-refractivity contribution >= 4 is 28.0 Å². The molecule has 0 atom stereocenters. The molecule has 0 saturated heterocycles. The van der Waals surface area contributed by atoms with E-state index in [1.54, 1.807) is 0 Å². The monoisotopic (exact) mass is 382 g/mol. The minimum Gasteiger partial charge on any atom is -0.476 e. The first-order valence-electron chi connectivity index (χ1n) is 9.25. The molecule has 1 aliphatic rings. The lowest BCUT2D eigenvalue weighted by Gasteiger charge is -2.17. The Bertz CT molecular complexity index is 1450. The van der Waals surface area contributed by atoms with Gasteiger partial charge in [-0.1, -0.05) is 42.5 Å². The highest BCUT2D eigenvalue weighted by Gasteiger charge is 2.29. The number of nitrogens with one attached hydrogen (secondary N) is 1. The summed E-state index contributed by atoms with van der Waals surface area (Å²) in [5, 5.41) is 23.6. The molecule has 140 valence electrons. The summed E-state index contributed by atoms with van der Waals surface area (Å²) in [6.07, 6.45) is 1.38. The Hall–Kier alpha value is -4.07. The van der Waals surface area contributed by atoms with Gasteiger partial charge in [0.05, 0.1) is 5.69 Å². The van der Waals surface area contributed by atoms with Crippen molar-refractivity contribution in [2.45, 2.75) is 12.8 Å². The van der Waals surface area contributed by atoms with Crippen LogP contribution >= 0.6 is 0 Å². The van der Waals surface area contributed by atoms with E-state index in [4.69, 9.17) is 0 Å². The van der Waals surface area contributed by atoms with Crippen LogP contribution in [0.5, 0.6) is 0 Å². The van der Waals surface area contributed by atoms with Gasteiger partial charge in [0.15, 0.2) is 11.3 Å². The van der Waals surface area contributed by atoms with Crippen LogP contribution in [0.15, 0.2) is 48.5 Å². The highest BCUT2D eigenvalue weighted by molar-refractivity contribution is 6.03. The summed E-state index contributed by atoms with van der Waals surface area (Å²) >= 11 is 0. The highest BCUT2D eigenvalue weighted by Crippen LogP contribution is 2.36. The van der Waals surface area contributed by atoms with Crippen molar-refractivity contribution in [2.24, 2.45) is 0 Å². The standard InChI is InChI=1S/C21H14N6O2/c28-20(29)17-14-10-9-11-5-1-2-6-12(11)18(14)27(26-17)21-23-19-16(24-25-21)13-7-3-4-8-15(13)22-19/h1-8H,9-10H2,(H,28,29)(H,22,23,25). The van der Waals surface area contributed by atoms with Gasteiger partial charge in [-0.3, -0.25) is 0 Å². The van der Waals surface area contributed by atoms with Crippen LogP contribution in [0.25, 0.3) is 39.3 Å². The molecular weight excluding hydrogens is 368 g/mol. The summed E-state index contributed by atoms with van der Waals surface area (Å²) in [4.78, 5) is 19.7. The summed E-state index contributed by atoms with van der Waals surface area (Å²) in [5.41, 5.74) is 5.74. The maximum Gasteiger partial charge on any atom is 0.356 e. The Balaban J connectivity index is 1.63. The van der Waals surface area contributed by atoms with E-state index in [1.807, 2.05) is 42.5 Å². The number of hydrogen-bond acceptors (Lipinski definition) is 5. The molecule has 0 aliphatic heterocycles. The Morgan fingerprint density at radius 3 is 2.76 bits per heavy atom. The summed E-state index contributed by atoms with van der Waals surface area (Å²) < 4.78 is 1.51. The first-order valence-corrected chi connectivity index (χ1v) is 9.25. The van der Waals surface area contributed by atoms with Gasteiger partial charge in [0, 0.05) is 22.0 Å². The normalized spacial score (nSPS) is 12.8. The highest BCUT2D eigenvalue weighted by atomic mass is 16.4. The third kappa shape index (κ3) is 2.22. The van der Waals surface area contributed by atoms with Crippen LogP contribution in [0.4, 0.5) is 0 Å². The first kappa shape index (κ1) is 15.9. The number of H-pyrrole nitrogens is 1. The largest absolute Gasteiger partial charge is 0.476 e. The zero-order valence-corrected chi connectivity index (χ0v) is 15.1. The number of carboxylic acids is 1. The van der Waals surface area contributed by atoms with Crippen LogP contribution < -0.4 is 0 Å². The molecule has 5 aromatic rings. The van der Waals surface area contributed by atoms with E-state index < -0.39 is 5.97 Å². The molecule has 0 spiro atoms. The number of rotatable bonds is 2. The number of hydrogen-bond donors (Lipinski definition) is 2. The van der Waals surface area contributed by atoms with E-state index in [2.05, 4.69) is 31.3 Å². The second kappa shape index (κ2) is 5.71. The maximum absolute atomic E-state index is 11.8. The fourth-order valence-electron chi connectivity index (χ4n) is 4.11. The molecule has 0 radical (unpaired) electrons. The van der Waals surface area contributed by atoms with Gasteiger partial charge in [-0.2, -0.15) is 14.8 Å². The third-order valence-electron chi connectivity index (χ3n) is 5.40. The van der Waals surface area contributed by atoms with Crippen molar-refractivity contribution in [1.29, 1.82) is 0 Å². The van der Waals surface area contributed by atoms with Gasteiger partial charge in [-0.05, 0) is 24.5 Å². The number of carboxylic acid groups (broad SMARTS) is 1. The Morgan fingerprint density at radius 2 is 1.86 bits per heavy atom. The first-order chi connectivity index (χ1) is 14.2. The fraction of sp³-hybridized carbons (Fsp3) is 0.0952. The van der Waals surface area contributed by atoms with Gasteiger partial charge in [-0.15, -0.1) is 10.2 Å². The molecule has 2 aromatic carbocycles. The minimum absolute atomic E-state index is 0.0369. The van der Waals surface area contributed by atoms with Crippen LogP contribution in [0.1, 0.15) is 21.6 Å². The number of nitrogens with zero attached hydrogens (tertiary/aromatic N) is 5. The predicted octanol–water partition coefficient (Wildman–Crippen LogP) is 3.16. The van der Waals surface area contributed by atoms with E-state index >= 15 is 0 Å². The third-order valence-corrected chi connectivity index (χ3v) is 5.40. The molecule has 29 heavy (non-hydrogen) atoms. The SMILES string of the molecule is O=C(O)c1nn(-c2nnc3c(n2)[nH]c2ccccc23)c2c1CCc1ccccc1-2. The fourth-order valence-corrected chi connectivity index (χ4v) is 4.11. The lowest BCUT2D eigenvalue weighted by Crippen LogP contribution is -2.10. The number of benzene rings is 2. The lowest BCUT2D eigenvalue weighted by atomic mass is 9.89. The van der Waals surface area contributed by atoms with Crippen molar-refractivity contribution in [3.8, 4) is 17.2 Å². The van der Waals surface area contributed by atoms with Crippen molar-refractivity contribution in [1.82, 2.24) is 29.9 Å². The van der Waals surface area contributed by atoms with Crippen molar-refractivity contribution in [3.63, 3.8) is 0 Å². The lowest BCUT2D eigenvalue weighted by molar-refractivity contribution is 0.0688. The average molecular weight is 382 g/mol. The molecule has 8 heteroatoms. The van der Waals surface area contributed by atoms with Gasteiger partial charge in [0.2, 0.25) is 0 Å². The van der Waals surface area contributed by atoms with Crippen LogP contribution in [0.2, 0.25) is 0 Å². The molecule has 2 N–H and O–H groups in total. The van der Waals surface area contributed by atoms with Gasteiger partial charge in [0.25, 0.3) is 5.95 Å². The zero-order chi connectivity index (χ0) is 19.5. The van der Waals surface area contributed by atoms with Gasteiger partial charge in [0.1, 0.15) is 5.52 Å². The molecule has 0 saturated carbocycles. The molecule has 6 rings (SSSR count). The molecule has 1 aliphatic carbocycles. The van der Waals surface area contributed by atoms with E-state index in [0.717, 1.165) is 34.1 Å². The van der Waals surface area contributed by atoms with Gasteiger partial charge < -0.3 is 10.1 Å². The number of fused-ring (bicyclic) bond motifs is 6.